The van der Waals surface area contributed by atoms with Crippen LogP contribution in [0.3, 0.4) is 0 Å². The lowest BCUT2D eigenvalue weighted by Crippen LogP contribution is -2.49. The molecule has 6 nitrogen and oxygen atoms in total. The minimum absolute atomic E-state index is 0.00997. The van der Waals surface area contributed by atoms with Gasteiger partial charge in [0.2, 0.25) is 5.95 Å². The highest BCUT2D eigenvalue weighted by molar-refractivity contribution is 5.98. The van der Waals surface area contributed by atoms with Crippen LogP contribution in [0.5, 0.6) is 0 Å². The van der Waals surface area contributed by atoms with Gasteiger partial charge in [0, 0.05) is 23.2 Å². The van der Waals surface area contributed by atoms with Crippen LogP contribution in [0.1, 0.15) is 61.7 Å². The van der Waals surface area contributed by atoms with Crippen LogP contribution in [0.15, 0.2) is 24.4 Å². The average Bonchev–Trinajstić information content (AvgIpc) is 3.33. The van der Waals surface area contributed by atoms with E-state index in [0.717, 1.165) is 49.4 Å². The number of rotatable bonds is 5. The predicted molar refractivity (Wildman–Crippen MR) is 101 cm³/mol. The highest BCUT2D eigenvalue weighted by atomic mass is 16.3. The molecule has 3 N–H and O–H groups in total. The smallest absolute Gasteiger partial charge is 0.251 e. The predicted octanol–water partition coefficient (Wildman–Crippen LogP) is 3.02. The summed E-state index contributed by atoms with van der Waals surface area (Å²) < 4.78 is 0. The molecule has 4 rings (SSSR count). The van der Waals surface area contributed by atoms with Gasteiger partial charge in [-0.15, -0.1) is 0 Å². The SMILES string of the molecule is O=C(NC1(CO)CCCC1)c1ccc2cnc(NC3CCCC3)nc2c1. The van der Waals surface area contributed by atoms with Gasteiger partial charge in [-0.05, 0) is 37.8 Å². The molecule has 0 spiro atoms. The fourth-order valence-electron chi connectivity index (χ4n) is 4.17. The van der Waals surface area contributed by atoms with E-state index < -0.39 is 5.54 Å². The van der Waals surface area contributed by atoms with Crippen LogP contribution in [0.25, 0.3) is 10.9 Å². The summed E-state index contributed by atoms with van der Waals surface area (Å²) in [7, 11) is 0. The average molecular weight is 354 g/mol. The molecule has 0 atom stereocenters. The van der Waals surface area contributed by atoms with Crippen LogP contribution in [0, 0.1) is 0 Å². The number of aliphatic hydroxyl groups is 1. The van der Waals surface area contributed by atoms with Gasteiger partial charge in [0.15, 0.2) is 0 Å². The normalized spacial score (nSPS) is 19.7. The van der Waals surface area contributed by atoms with Crippen molar-refractivity contribution in [2.45, 2.75) is 62.9 Å². The fourth-order valence-corrected chi connectivity index (χ4v) is 4.17. The highest BCUT2D eigenvalue weighted by Crippen LogP contribution is 2.29. The molecular formula is C20H26N4O2. The van der Waals surface area contributed by atoms with Gasteiger partial charge in [0.25, 0.3) is 5.91 Å². The number of anilines is 1. The van der Waals surface area contributed by atoms with E-state index in [9.17, 15) is 9.90 Å². The van der Waals surface area contributed by atoms with Crippen LogP contribution in [-0.4, -0.2) is 39.2 Å². The Morgan fingerprint density at radius 1 is 1.19 bits per heavy atom. The molecule has 0 radical (unpaired) electrons. The highest BCUT2D eigenvalue weighted by Gasteiger charge is 2.34. The maximum Gasteiger partial charge on any atom is 0.251 e. The monoisotopic (exact) mass is 354 g/mol. The lowest BCUT2D eigenvalue weighted by molar-refractivity contribution is 0.0838. The number of aliphatic hydroxyl groups excluding tert-OH is 1. The van der Waals surface area contributed by atoms with Gasteiger partial charge in [0.1, 0.15) is 0 Å². The van der Waals surface area contributed by atoms with E-state index in [1.165, 1.54) is 12.8 Å². The van der Waals surface area contributed by atoms with E-state index in [0.29, 0.717) is 17.6 Å². The second kappa shape index (κ2) is 7.19. The van der Waals surface area contributed by atoms with Crippen molar-refractivity contribution in [2.75, 3.05) is 11.9 Å². The second-order valence-corrected chi connectivity index (χ2v) is 7.69. The molecule has 26 heavy (non-hydrogen) atoms. The Morgan fingerprint density at radius 3 is 2.69 bits per heavy atom. The Labute approximate surface area is 153 Å². The molecule has 1 heterocycles. The molecule has 1 amide bonds. The number of aromatic nitrogens is 2. The largest absolute Gasteiger partial charge is 0.394 e. The van der Waals surface area contributed by atoms with Crippen molar-refractivity contribution in [3.8, 4) is 0 Å². The van der Waals surface area contributed by atoms with Gasteiger partial charge in [-0.2, -0.15) is 0 Å². The van der Waals surface area contributed by atoms with Crippen LogP contribution >= 0.6 is 0 Å². The number of hydrogen-bond acceptors (Lipinski definition) is 5. The summed E-state index contributed by atoms with van der Waals surface area (Å²) in [6, 6.07) is 5.94. The molecule has 0 unspecified atom stereocenters. The summed E-state index contributed by atoms with van der Waals surface area (Å²) in [4.78, 5) is 21.7. The summed E-state index contributed by atoms with van der Waals surface area (Å²) >= 11 is 0. The molecule has 2 aliphatic rings. The topological polar surface area (TPSA) is 87.1 Å². The maximum absolute atomic E-state index is 12.7. The maximum atomic E-state index is 12.7. The lowest BCUT2D eigenvalue weighted by atomic mass is 9.98. The molecule has 138 valence electrons. The summed E-state index contributed by atoms with van der Waals surface area (Å²) in [6.07, 6.45) is 10.4. The van der Waals surface area contributed by atoms with E-state index >= 15 is 0 Å². The number of hydrogen-bond donors (Lipinski definition) is 3. The van der Waals surface area contributed by atoms with Gasteiger partial charge in [-0.3, -0.25) is 4.79 Å². The van der Waals surface area contributed by atoms with E-state index in [4.69, 9.17) is 0 Å². The number of nitrogens with zero attached hydrogens (tertiary/aromatic N) is 2. The Morgan fingerprint density at radius 2 is 1.96 bits per heavy atom. The summed E-state index contributed by atoms with van der Waals surface area (Å²) in [5.41, 5.74) is 0.868. The number of nitrogens with one attached hydrogen (secondary N) is 2. The quantitative estimate of drug-likeness (QED) is 0.768. The number of fused-ring (bicyclic) bond motifs is 1. The molecule has 2 saturated carbocycles. The van der Waals surface area contributed by atoms with Gasteiger partial charge < -0.3 is 15.7 Å². The Balaban J connectivity index is 1.54. The Bertz CT molecular complexity index is 795. The standard InChI is InChI=1S/C20H26N4O2/c25-13-20(9-3-4-10-20)24-18(26)14-7-8-15-12-21-19(23-17(15)11-14)22-16-5-1-2-6-16/h7-8,11-12,16,25H,1-6,9-10,13H2,(H,24,26)(H,21,22,23). The minimum atomic E-state index is -0.465. The van der Waals surface area contributed by atoms with Gasteiger partial charge in [-0.25, -0.2) is 9.97 Å². The number of carbonyl (C=O) groups excluding carboxylic acids is 1. The number of benzene rings is 1. The van der Waals surface area contributed by atoms with E-state index in [1.807, 2.05) is 12.1 Å². The summed E-state index contributed by atoms with van der Waals surface area (Å²) in [5.74, 6) is 0.483. The molecule has 2 aromatic rings. The molecule has 0 saturated heterocycles. The molecule has 1 aromatic carbocycles. The van der Waals surface area contributed by atoms with E-state index in [2.05, 4.69) is 20.6 Å². The van der Waals surface area contributed by atoms with Crippen LogP contribution in [0.2, 0.25) is 0 Å². The Kier molecular flexibility index (Phi) is 4.76. The summed E-state index contributed by atoms with van der Waals surface area (Å²) in [5, 5.41) is 17.1. The van der Waals surface area contributed by atoms with Crippen molar-refractivity contribution in [1.82, 2.24) is 15.3 Å². The first kappa shape index (κ1) is 17.2. The molecular weight excluding hydrogens is 328 g/mol. The van der Waals surface area contributed by atoms with Crippen LogP contribution < -0.4 is 10.6 Å². The van der Waals surface area contributed by atoms with Crippen LogP contribution in [-0.2, 0) is 0 Å². The van der Waals surface area contributed by atoms with Crippen molar-refractivity contribution in [2.24, 2.45) is 0 Å². The van der Waals surface area contributed by atoms with Crippen molar-refractivity contribution in [3.63, 3.8) is 0 Å². The third-order valence-electron chi connectivity index (χ3n) is 5.78. The first-order chi connectivity index (χ1) is 12.7. The van der Waals surface area contributed by atoms with Crippen molar-refractivity contribution < 1.29 is 9.90 Å². The van der Waals surface area contributed by atoms with E-state index in [-0.39, 0.29) is 12.5 Å². The van der Waals surface area contributed by atoms with E-state index in [1.54, 1.807) is 12.3 Å². The van der Waals surface area contributed by atoms with Crippen molar-refractivity contribution >= 4 is 22.8 Å². The second-order valence-electron chi connectivity index (χ2n) is 7.69. The van der Waals surface area contributed by atoms with Crippen molar-refractivity contribution in [1.29, 1.82) is 0 Å². The first-order valence-electron chi connectivity index (χ1n) is 9.64. The lowest BCUT2D eigenvalue weighted by Gasteiger charge is -2.28. The third-order valence-corrected chi connectivity index (χ3v) is 5.78. The molecule has 6 heteroatoms. The first-order valence-corrected chi connectivity index (χ1v) is 9.64. The molecule has 1 aromatic heterocycles. The third kappa shape index (κ3) is 3.51. The van der Waals surface area contributed by atoms with Crippen LogP contribution in [0.4, 0.5) is 5.95 Å². The van der Waals surface area contributed by atoms with Gasteiger partial charge in [0.05, 0.1) is 17.7 Å². The Hall–Kier alpha value is -2.21. The minimum Gasteiger partial charge on any atom is -0.394 e. The zero-order chi connectivity index (χ0) is 18.0. The van der Waals surface area contributed by atoms with Gasteiger partial charge >= 0.3 is 0 Å². The fraction of sp³-hybridized carbons (Fsp3) is 0.550. The molecule has 0 bridgehead atoms. The molecule has 0 aliphatic heterocycles. The van der Waals surface area contributed by atoms with Gasteiger partial charge in [-0.1, -0.05) is 31.7 Å². The number of carbonyl (C=O) groups is 1. The van der Waals surface area contributed by atoms with Crippen molar-refractivity contribution in [3.05, 3.63) is 30.0 Å². The zero-order valence-corrected chi connectivity index (χ0v) is 15.0. The summed E-state index contributed by atoms with van der Waals surface area (Å²) in [6.45, 7) is -0.00997. The zero-order valence-electron chi connectivity index (χ0n) is 15.0. The molecule has 2 aliphatic carbocycles. The number of amides is 1. The molecule has 2 fully saturated rings.